The van der Waals surface area contributed by atoms with E-state index in [2.05, 4.69) is 0 Å². The number of hydrogen-bond donors (Lipinski definition) is 1. The SMILES string of the molecule is Oc1ccccc1C1CC1C(F)F. The molecule has 2 atom stereocenters. The Morgan fingerprint density at radius 3 is 2.54 bits per heavy atom. The normalized spacial score (nSPS) is 26.4. The van der Waals surface area contributed by atoms with Crippen LogP contribution < -0.4 is 0 Å². The summed E-state index contributed by atoms with van der Waals surface area (Å²) in [5.41, 5.74) is 0.660. The van der Waals surface area contributed by atoms with E-state index in [0.717, 1.165) is 0 Å². The molecule has 3 heteroatoms. The Balaban J connectivity index is 2.16. The Morgan fingerprint density at radius 2 is 2.00 bits per heavy atom. The first-order valence-electron chi connectivity index (χ1n) is 4.26. The van der Waals surface area contributed by atoms with Gasteiger partial charge in [-0.05, 0) is 24.0 Å². The fourth-order valence-corrected chi connectivity index (χ4v) is 1.65. The van der Waals surface area contributed by atoms with Crippen LogP contribution in [0.1, 0.15) is 17.9 Å². The van der Waals surface area contributed by atoms with Gasteiger partial charge < -0.3 is 5.11 Å². The standard InChI is InChI=1S/C10H10F2O/c11-10(12)8-5-7(8)6-3-1-2-4-9(6)13/h1-4,7-8,10,13H,5H2. The highest BCUT2D eigenvalue weighted by molar-refractivity contribution is 5.38. The lowest BCUT2D eigenvalue weighted by Gasteiger charge is -2.02. The molecule has 70 valence electrons. The van der Waals surface area contributed by atoms with Crippen LogP contribution in [-0.4, -0.2) is 11.5 Å². The minimum atomic E-state index is -2.26. The zero-order valence-corrected chi connectivity index (χ0v) is 6.95. The van der Waals surface area contributed by atoms with E-state index < -0.39 is 12.3 Å². The smallest absolute Gasteiger partial charge is 0.242 e. The van der Waals surface area contributed by atoms with Crippen LogP contribution in [0.25, 0.3) is 0 Å². The molecule has 0 spiro atoms. The van der Waals surface area contributed by atoms with Gasteiger partial charge in [0, 0.05) is 5.92 Å². The number of hydrogen-bond acceptors (Lipinski definition) is 1. The van der Waals surface area contributed by atoms with Gasteiger partial charge in [0.2, 0.25) is 6.43 Å². The molecule has 1 fully saturated rings. The summed E-state index contributed by atoms with van der Waals surface area (Å²) in [5.74, 6) is -0.551. The third-order valence-corrected chi connectivity index (χ3v) is 2.50. The fourth-order valence-electron chi connectivity index (χ4n) is 1.65. The van der Waals surface area contributed by atoms with Crippen molar-refractivity contribution >= 4 is 0 Å². The van der Waals surface area contributed by atoms with Crippen LogP contribution in [0.3, 0.4) is 0 Å². The van der Waals surface area contributed by atoms with Crippen molar-refractivity contribution in [3.05, 3.63) is 29.8 Å². The van der Waals surface area contributed by atoms with E-state index in [9.17, 15) is 13.9 Å². The summed E-state index contributed by atoms with van der Waals surface area (Å²) in [4.78, 5) is 0. The van der Waals surface area contributed by atoms with Crippen molar-refractivity contribution in [2.45, 2.75) is 18.8 Å². The zero-order valence-electron chi connectivity index (χ0n) is 6.95. The number of halogens is 2. The molecule has 13 heavy (non-hydrogen) atoms. The van der Waals surface area contributed by atoms with E-state index in [4.69, 9.17) is 0 Å². The second-order valence-corrected chi connectivity index (χ2v) is 3.40. The molecule has 0 aromatic heterocycles. The Kier molecular flexibility index (Phi) is 1.94. The highest BCUT2D eigenvalue weighted by atomic mass is 19.3. The van der Waals surface area contributed by atoms with Crippen LogP contribution in [-0.2, 0) is 0 Å². The molecule has 0 amide bonds. The average molecular weight is 184 g/mol. The molecule has 2 rings (SSSR count). The Bertz CT molecular complexity index is 312. The molecule has 2 unspecified atom stereocenters. The molecule has 0 aliphatic heterocycles. The van der Waals surface area contributed by atoms with Crippen molar-refractivity contribution in [1.82, 2.24) is 0 Å². The van der Waals surface area contributed by atoms with Crippen molar-refractivity contribution in [3.63, 3.8) is 0 Å². The Morgan fingerprint density at radius 1 is 1.31 bits per heavy atom. The molecule has 1 N–H and O–H groups in total. The second kappa shape index (κ2) is 2.98. The monoisotopic (exact) mass is 184 g/mol. The molecular formula is C10H10F2O. The third-order valence-electron chi connectivity index (χ3n) is 2.50. The van der Waals surface area contributed by atoms with Gasteiger partial charge in [-0.1, -0.05) is 18.2 Å². The van der Waals surface area contributed by atoms with E-state index in [1.54, 1.807) is 18.2 Å². The van der Waals surface area contributed by atoms with Crippen LogP contribution >= 0.6 is 0 Å². The number of benzene rings is 1. The summed E-state index contributed by atoms with van der Waals surface area (Å²) in [7, 11) is 0. The largest absolute Gasteiger partial charge is 0.508 e. The highest BCUT2D eigenvalue weighted by Crippen LogP contribution is 2.52. The molecule has 1 aliphatic rings. The van der Waals surface area contributed by atoms with Gasteiger partial charge in [-0.2, -0.15) is 0 Å². The summed E-state index contributed by atoms with van der Waals surface area (Å²) in [6.45, 7) is 0. The number of phenols is 1. The van der Waals surface area contributed by atoms with Gasteiger partial charge in [-0.3, -0.25) is 0 Å². The van der Waals surface area contributed by atoms with Gasteiger partial charge >= 0.3 is 0 Å². The molecule has 1 aromatic rings. The summed E-state index contributed by atoms with van der Waals surface area (Å²) in [5, 5.41) is 9.38. The van der Waals surface area contributed by atoms with E-state index in [0.29, 0.717) is 12.0 Å². The van der Waals surface area contributed by atoms with Crippen LogP contribution in [0.2, 0.25) is 0 Å². The summed E-state index contributed by atoms with van der Waals surface area (Å²) >= 11 is 0. The van der Waals surface area contributed by atoms with Crippen LogP contribution in [0.5, 0.6) is 5.75 Å². The molecule has 1 aliphatic carbocycles. The third kappa shape index (κ3) is 1.50. The topological polar surface area (TPSA) is 20.2 Å². The number of para-hydroxylation sites is 1. The molecule has 0 bridgehead atoms. The second-order valence-electron chi connectivity index (χ2n) is 3.40. The lowest BCUT2D eigenvalue weighted by atomic mass is 10.1. The molecule has 0 saturated heterocycles. The van der Waals surface area contributed by atoms with E-state index in [1.165, 1.54) is 6.07 Å². The van der Waals surface area contributed by atoms with Crippen molar-refractivity contribution in [2.75, 3.05) is 0 Å². The first kappa shape index (κ1) is 8.48. The summed E-state index contributed by atoms with van der Waals surface area (Å²) in [6.07, 6.45) is -1.76. The predicted octanol–water partition coefficient (Wildman–Crippen LogP) is 2.76. The number of rotatable bonds is 2. The van der Waals surface area contributed by atoms with E-state index in [1.807, 2.05) is 0 Å². The van der Waals surface area contributed by atoms with Crippen molar-refractivity contribution in [3.8, 4) is 5.75 Å². The maximum Gasteiger partial charge on any atom is 0.242 e. The minimum absolute atomic E-state index is 0.135. The predicted molar refractivity (Wildman–Crippen MR) is 45.0 cm³/mol. The van der Waals surface area contributed by atoms with Crippen molar-refractivity contribution in [2.24, 2.45) is 5.92 Å². The van der Waals surface area contributed by atoms with Crippen LogP contribution in [0.15, 0.2) is 24.3 Å². The van der Waals surface area contributed by atoms with Gasteiger partial charge in [0.05, 0.1) is 0 Å². The van der Waals surface area contributed by atoms with Crippen molar-refractivity contribution in [1.29, 1.82) is 0 Å². The average Bonchev–Trinajstić information content (AvgIpc) is 2.84. The molecular weight excluding hydrogens is 174 g/mol. The lowest BCUT2D eigenvalue weighted by molar-refractivity contribution is 0.120. The highest BCUT2D eigenvalue weighted by Gasteiger charge is 2.45. The van der Waals surface area contributed by atoms with Crippen LogP contribution in [0.4, 0.5) is 8.78 Å². The number of phenolic OH excluding ortho intramolecular Hbond substituents is 1. The van der Waals surface area contributed by atoms with E-state index in [-0.39, 0.29) is 11.7 Å². The zero-order chi connectivity index (χ0) is 9.42. The van der Waals surface area contributed by atoms with Gasteiger partial charge in [0.1, 0.15) is 5.75 Å². The van der Waals surface area contributed by atoms with Gasteiger partial charge in [0.15, 0.2) is 0 Å². The van der Waals surface area contributed by atoms with Gasteiger partial charge in [-0.25, -0.2) is 8.78 Å². The maximum absolute atomic E-state index is 12.2. The maximum atomic E-state index is 12.2. The van der Waals surface area contributed by atoms with Crippen molar-refractivity contribution < 1.29 is 13.9 Å². The minimum Gasteiger partial charge on any atom is -0.508 e. The first-order chi connectivity index (χ1) is 6.20. The fraction of sp³-hybridized carbons (Fsp3) is 0.400. The number of alkyl halides is 2. The van der Waals surface area contributed by atoms with E-state index >= 15 is 0 Å². The molecule has 1 aromatic carbocycles. The summed E-state index contributed by atoms with van der Waals surface area (Å²) < 4.78 is 24.4. The van der Waals surface area contributed by atoms with Gasteiger partial charge in [-0.15, -0.1) is 0 Å². The van der Waals surface area contributed by atoms with Crippen LogP contribution in [0, 0.1) is 5.92 Å². The Labute approximate surface area is 75.0 Å². The molecule has 0 radical (unpaired) electrons. The first-order valence-corrected chi connectivity index (χ1v) is 4.26. The van der Waals surface area contributed by atoms with Gasteiger partial charge in [0.25, 0.3) is 0 Å². The summed E-state index contributed by atoms with van der Waals surface area (Å²) in [6, 6.07) is 6.70. The Hall–Kier alpha value is -1.12. The quantitative estimate of drug-likeness (QED) is 0.749. The number of aromatic hydroxyl groups is 1. The molecule has 1 nitrogen and oxygen atoms in total. The lowest BCUT2D eigenvalue weighted by Crippen LogP contribution is -1.95. The molecule has 0 heterocycles. The molecule has 1 saturated carbocycles.